The number of aromatic nitrogens is 1. The maximum absolute atomic E-state index is 12.9. The Hall–Kier alpha value is -2.25. The highest BCUT2D eigenvalue weighted by Gasteiger charge is 2.28. The SMILES string of the molecule is CCCNC(=O)C1CCN(C(=O)c2ccc(-c3nc4ccccc4s3)s2)CC1. The fourth-order valence-electron chi connectivity index (χ4n) is 3.44. The van der Waals surface area contributed by atoms with Crippen molar-refractivity contribution in [3.8, 4) is 9.88 Å². The largest absolute Gasteiger partial charge is 0.356 e. The van der Waals surface area contributed by atoms with Crippen LogP contribution >= 0.6 is 22.7 Å². The second-order valence-corrected chi connectivity index (χ2v) is 9.12. The molecule has 146 valence electrons. The van der Waals surface area contributed by atoms with E-state index in [0.717, 1.165) is 50.8 Å². The summed E-state index contributed by atoms with van der Waals surface area (Å²) >= 11 is 3.15. The molecular weight excluding hydrogens is 390 g/mol. The second-order valence-electron chi connectivity index (χ2n) is 7.01. The predicted molar refractivity (Wildman–Crippen MR) is 115 cm³/mol. The van der Waals surface area contributed by atoms with Crippen molar-refractivity contribution in [2.24, 2.45) is 5.92 Å². The van der Waals surface area contributed by atoms with E-state index in [4.69, 9.17) is 0 Å². The zero-order valence-corrected chi connectivity index (χ0v) is 17.4. The van der Waals surface area contributed by atoms with Crippen LogP contribution in [0.3, 0.4) is 0 Å². The Bertz CT molecular complexity index is 953. The monoisotopic (exact) mass is 413 g/mol. The number of nitrogens with zero attached hydrogens (tertiary/aromatic N) is 2. The lowest BCUT2D eigenvalue weighted by molar-refractivity contribution is -0.126. The Morgan fingerprint density at radius 2 is 1.93 bits per heavy atom. The first kappa shape index (κ1) is 19.1. The van der Waals surface area contributed by atoms with Gasteiger partial charge in [0.15, 0.2) is 0 Å². The summed E-state index contributed by atoms with van der Waals surface area (Å²) in [6.45, 7) is 4.04. The Kier molecular flexibility index (Phi) is 5.73. The van der Waals surface area contributed by atoms with Gasteiger partial charge in [-0.25, -0.2) is 4.98 Å². The molecule has 4 rings (SSSR count). The maximum atomic E-state index is 12.9. The van der Waals surface area contributed by atoms with E-state index in [1.165, 1.54) is 11.3 Å². The summed E-state index contributed by atoms with van der Waals surface area (Å²) < 4.78 is 1.15. The van der Waals surface area contributed by atoms with Crippen LogP contribution in [0.4, 0.5) is 0 Å². The molecule has 0 radical (unpaired) electrons. The molecular formula is C21H23N3O2S2. The second kappa shape index (κ2) is 8.41. The highest BCUT2D eigenvalue weighted by atomic mass is 32.1. The lowest BCUT2D eigenvalue weighted by Crippen LogP contribution is -2.43. The van der Waals surface area contributed by atoms with Crippen molar-refractivity contribution in [3.63, 3.8) is 0 Å². The van der Waals surface area contributed by atoms with E-state index < -0.39 is 0 Å². The van der Waals surface area contributed by atoms with Crippen LogP contribution in [0.1, 0.15) is 35.9 Å². The van der Waals surface area contributed by atoms with Gasteiger partial charge in [-0.3, -0.25) is 9.59 Å². The molecule has 1 aromatic carbocycles. The summed E-state index contributed by atoms with van der Waals surface area (Å²) in [6, 6.07) is 12.0. The van der Waals surface area contributed by atoms with Gasteiger partial charge in [0.25, 0.3) is 5.91 Å². The molecule has 5 nitrogen and oxygen atoms in total. The summed E-state index contributed by atoms with van der Waals surface area (Å²) in [5.74, 6) is 0.213. The lowest BCUT2D eigenvalue weighted by Gasteiger charge is -2.31. The smallest absolute Gasteiger partial charge is 0.263 e. The number of hydrogen-bond acceptors (Lipinski definition) is 5. The molecule has 3 aromatic rings. The first-order chi connectivity index (χ1) is 13.7. The normalized spacial score (nSPS) is 15.1. The van der Waals surface area contributed by atoms with E-state index in [0.29, 0.717) is 13.1 Å². The lowest BCUT2D eigenvalue weighted by atomic mass is 9.96. The van der Waals surface area contributed by atoms with Crippen molar-refractivity contribution in [3.05, 3.63) is 41.3 Å². The number of nitrogens with one attached hydrogen (secondary N) is 1. The average Bonchev–Trinajstić information content (AvgIpc) is 3.38. The molecule has 0 aliphatic carbocycles. The molecule has 0 unspecified atom stereocenters. The van der Waals surface area contributed by atoms with E-state index in [1.807, 2.05) is 42.2 Å². The Balaban J connectivity index is 1.40. The number of thiazole rings is 1. The third-order valence-electron chi connectivity index (χ3n) is 5.02. The zero-order valence-electron chi connectivity index (χ0n) is 15.8. The van der Waals surface area contributed by atoms with Crippen LogP contribution in [0.15, 0.2) is 36.4 Å². The quantitative estimate of drug-likeness (QED) is 0.674. The number of fused-ring (bicyclic) bond motifs is 1. The molecule has 1 fully saturated rings. The molecule has 0 saturated carbocycles. The van der Waals surface area contributed by atoms with Crippen molar-refractivity contribution >= 4 is 44.7 Å². The van der Waals surface area contributed by atoms with Crippen molar-refractivity contribution in [1.29, 1.82) is 0 Å². The third-order valence-corrected chi connectivity index (χ3v) is 7.30. The fourth-order valence-corrected chi connectivity index (χ4v) is 5.43. The van der Waals surface area contributed by atoms with Gasteiger partial charge in [0.1, 0.15) is 5.01 Å². The van der Waals surface area contributed by atoms with E-state index in [9.17, 15) is 9.59 Å². The molecule has 28 heavy (non-hydrogen) atoms. The average molecular weight is 414 g/mol. The summed E-state index contributed by atoms with van der Waals surface area (Å²) in [7, 11) is 0. The minimum atomic E-state index is 0.0252. The van der Waals surface area contributed by atoms with Gasteiger partial charge >= 0.3 is 0 Å². The van der Waals surface area contributed by atoms with E-state index in [2.05, 4.69) is 16.4 Å². The number of amides is 2. The number of rotatable bonds is 5. The predicted octanol–water partition coefficient (Wildman–Crippen LogP) is 4.40. The van der Waals surface area contributed by atoms with E-state index >= 15 is 0 Å². The standard InChI is InChI=1S/C21H23N3O2S2/c1-2-11-22-19(25)14-9-12-24(13-10-14)21(26)18-8-7-17(27-18)20-23-15-5-3-4-6-16(15)28-20/h3-8,14H,2,9-13H2,1H3,(H,22,25). The van der Waals surface area contributed by atoms with Crippen LogP contribution in [-0.2, 0) is 4.79 Å². The van der Waals surface area contributed by atoms with Gasteiger partial charge < -0.3 is 10.2 Å². The molecule has 1 aliphatic rings. The van der Waals surface area contributed by atoms with Crippen LogP contribution in [0.2, 0.25) is 0 Å². The molecule has 1 N–H and O–H groups in total. The molecule has 1 saturated heterocycles. The van der Waals surface area contributed by atoms with Crippen molar-refractivity contribution in [2.75, 3.05) is 19.6 Å². The number of thiophene rings is 1. The number of likely N-dealkylation sites (tertiary alicyclic amines) is 1. The minimum absolute atomic E-state index is 0.0252. The topological polar surface area (TPSA) is 62.3 Å². The Labute approximate surface area is 172 Å². The Morgan fingerprint density at radius 3 is 2.68 bits per heavy atom. The van der Waals surface area contributed by atoms with Crippen LogP contribution in [0, 0.1) is 5.92 Å². The maximum Gasteiger partial charge on any atom is 0.263 e. The van der Waals surface area contributed by atoms with Gasteiger partial charge in [-0.15, -0.1) is 22.7 Å². The van der Waals surface area contributed by atoms with Crippen molar-refractivity contribution in [1.82, 2.24) is 15.2 Å². The summed E-state index contributed by atoms with van der Waals surface area (Å²) in [4.78, 5) is 33.3. The number of hydrogen-bond donors (Lipinski definition) is 1. The zero-order chi connectivity index (χ0) is 19.5. The first-order valence-electron chi connectivity index (χ1n) is 9.68. The van der Waals surface area contributed by atoms with Gasteiger partial charge in [0.05, 0.1) is 20.0 Å². The Morgan fingerprint density at radius 1 is 1.14 bits per heavy atom. The van der Waals surface area contributed by atoms with E-state index in [1.54, 1.807) is 11.3 Å². The van der Waals surface area contributed by atoms with Crippen molar-refractivity contribution in [2.45, 2.75) is 26.2 Å². The molecule has 7 heteroatoms. The first-order valence-corrected chi connectivity index (χ1v) is 11.3. The van der Waals surface area contributed by atoms with Gasteiger partial charge in [-0.2, -0.15) is 0 Å². The molecule has 0 spiro atoms. The molecule has 1 aliphatic heterocycles. The van der Waals surface area contributed by atoms with Gasteiger partial charge in [-0.1, -0.05) is 19.1 Å². The minimum Gasteiger partial charge on any atom is -0.356 e. The van der Waals surface area contributed by atoms with Gasteiger partial charge in [0, 0.05) is 25.6 Å². The molecule has 2 amide bonds. The van der Waals surface area contributed by atoms with Crippen LogP contribution < -0.4 is 5.32 Å². The number of piperidine rings is 1. The summed E-state index contributed by atoms with van der Waals surface area (Å²) in [5, 5.41) is 3.92. The number of para-hydroxylation sites is 1. The molecule has 0 atom stereocenters. The molecule has 3 heterocycles. The third kappa shape index (κ3) is 3.95. The van der Waals surface area contributed by atoms with Crippen LogP contribution in [-0.4, -0.2) is 41.3 Å². The van der Waals surface area contributed by atoms with Crippen molar-refractivity contribution < 1.29 is 9.59 Å². The van der Waals surface area contributed by atoms with Gasteiger partial charge in [0.2, 0.25) is 5.91 Å². The number of carbonyl (C=O) groups is 2. The highest BCUT2D eigenvalue weighted by molar-refractivity contribution is 7.26. The summed E-state index contributed by atoms with van der Waals surface area (Å²) in [6.07, 6.45) is 2.41. The number of carbonyl (C=O) groups excluding carboxylic acids is 2. The van der Waals surface area contributed by atoms with Crippen LogP contribution in [0.5, 0.6) is 0 Å². The van der Waals surface area contributed by atoms with Gasteiger partial charge in [-0.05, 0) is 43.5 Å². The highest BCUT2D eigenvalue weighted by Crippen LogP contribution is 2.35. The number of benzene rings is 1. The van der Waals surface area contributed by atoms with Crippen LogP contribution in [0.25, 0.3) is 20.1 Å². The fraction of sp³-hybridized carbons (Fsp3) is 0.381. The molecule has 2 aromatic heterocycles. The molecule has 0 bridgehead atoms. The summed E-state index contributed by atoms with van der Waals surface area (Å²) in [5.41, 5.74) is 0.993. The van der Waals surface area contributed by atoms with E-state index in [-0.39, 0.29) is 17.7 Å².